The van der Waals surface area contributed by atoms with E-state index in [1.165, 1.54) is 5.56 Å². The zero-order valence-electron chi connectivity index (χ0n) is 9.36. The van der Waals surface area contributed by atoms with Gasteiger partial charge >= 0.3 is 0 Å². The molecule has 1 heterocycles. The molecule has 16 heavy (non-hydrogen) atoms. The highest BCUT2D eigenvalue weighted by Crippen LogP contribution is 2.22. The van der Waals surface area contributed by atoms with Gasteiger partial charge in [-0.05, 0) is 24.1 Å². The number of aromatic nitrogens is 1. The van der Waals surface area contributed by atoms with Crippen LogP contribution in [0.25, 0.3) is 10.9 Å². The molecule has 0 bridgehead atoms. The highest BCUT2D eigenvalue weighted by atomic mass is 16.2. The Balaban J connectivity index is 2.74. The maximum atomic E-state index is 11.5. The summed E-state index contributed by atoms with van der Waals surface area (Å²) in [6, 6.07) is 6.00. The van der Waals surface area contributed by atoms with Crippen LogP contribution in [0.5, 0.6) is 0 Å². The van der Waals surface area contributed by atoms with E-state index in [9.17, 15) is 9.59 Å². The van der Waals surface area contributed by atoms with Gasteiger partial charge in [0.2, 0.25) is 5.78 Å². The van der Waals surface area contributed by atoms with Crippen LogP contribution < -0.4 is 0 Å². The molecule has 0 unspecified atom stereocenters. The lowest BCUT2D eigenvalue weighted by atomic mass is 10.1. The predicted octanol–water partition coefficient (Wildman–Crippen LogP) is 2.12. The Morgan fingerprint density at radius 1 is 1.44 bits per heavy atom. The van der Waals surface area contributed by atoms with Crippen molar-refractivity contribution in [1.82, 2.24) is 4.57 Å². The van der Waals surface area contributed by atoms with Crippen molar-refractivity contribution >= 4 is 23.0 Å². The van der Waals surface area contributed by atoms with Crippen molar-refractivity contribution in [3.8, 4) is 0 Å². The normalized spacial score (nSPS) is 10.6. The van der Waals surface area contributed by atoms with Crippen LogP contribution in [0.3, 0.4) is 0 Å². The zero-order chi connectivity index (χ0) is 11.7. The third-order valence-corrected chi connectivity index (χ3v) is 2.83. The number of rotatable bonds is 3. The smallest absolute Gasteiger partial charge is 0.227 e. The van der Waals surface area contributed by atoms with E-state index in [0.29, 0.717) is 11.8 Å². The second-order valence-corrected chi connectivity index (χ2v) is 3.84. The quantitative estimate of drug-likeness (QED) is 0.447. The summed E-state index contributed by atoms with van der Waals surface area (Å²) in [5.41, 5.74) is 2.63. The first-order valence-corrected chi connectivity index (χ1v) is 5.24. The summed E-state index contributed by atoms with van der Waals surface area (Å²) in [6.07, 6.45) is 2.99. The van der Waals surface area contributed by atoms with Crippen molar-refractivity contribution in [2.45, 2.75) is 13.3 Å². The first-order chi connectivity index (χ1) is 7.67. The van der Waals surface area contributed by atoms with E-state index < -0.39 is 5.78 Å². The van der Waals surface area contributed by atoms with E-state index in [1.807, 2.05) is 29.8 Å². The van der Waals surface area contributed by atoms with Gasteiger partial charge in [0.05, 0.1) is 5.56 Å². The molecule has 0 saturated carbocycles. The van der Waals surface area contributed by atoms with Gasteiger partial charge in [0.15, 0.2) is 6.29 Å². The van der Waals surface area contributed by atoms with Crippen molar-refractivity contribution in [1.29, 1.82) is 0 Å². The lowest BCUT2D eigenvalue weighted by molar-refractivity contribution is -0.104. The average Bonchev–Trinajstić information content (AvgIpc) is 2.65. The first-order valence-electron chi connectivity index (χ1n) is 5.24. The molecule has 1 aromatic heterocycles. The maximum absolute atomic E-state index is 11.5. The molecule has 3 heteroatoms. The van der Waals surface area contributed by atoms with Gasteiger partial charge in [-0.15, -0.1) is 0 Å². The molecule has 0 amide bonds. The largest absolute Gasteiger partial charge is 0.350 e. The van der Waals surface area contributed by atoms with Crippen LogP contribution in [0.1, 0.15) is 22.8 Å². The fourth-order valence-electron chi connectivity index (χ4n) is 1.92. The van der Waals surface area contributed by atoms with Crippen LogP contribution in [0.2, 0.25) is 0 Å². The van der Waals surface area contributed by atoms with Gasteiger partial charge in [-0.25, -0.2) is 0 Å². The molecule has 0 fully saturated rings. The van der Waals surface area contributed by atoms with E-state index in [1.54, 1.807) is 6.20 Å². The van der Waals surface area contributed by atoms with E-state index >= 15 is 0 Å². The number of nitrogens with zero attached hydrogens (tertiary/aromatic N) is 1. The van der Waals surface area contributed by atoms with Crippen molar-refractivity contribution in [2.75, 3.05) is 0 Å². The zero-order valence-corrected chi connectivity index (χ0v) is 9.36. The molecular weight excluding hydrogens is 202 g/mol. The number of carbonyl (C=O) groups is 2. The number of carbonyl (C=O) groups excluding carboxylic acids is 2. The molecule has 1 aromatic carbocycles. The summed E-state index contributed by atoms with van der Waals surface area (Å²) in [5.74, 6) is -0.459. The van der Waals surface area contributed by atoms with Gasteiger partial charge in [0, 0.05) is 24.1 Å². The Hall–Kier alpha value is -1.90. The number of benzene rings is 1. The summed E-state index contributed by atoms with van der Waals surface area (Å²) in [7, 11) is 1.87. The summed E-state index contributed by atoms with van der Waals surface area (Å²) in [5, 5.41) is 0.860. The lowest BCUT2D eigenvalue weighted by Crippen LogP contribution is -1.98. The van der Waals surface area contributed by atoms with Crippen molar-refractivity contribution < 1.29 is 9.59 Å². The molecule has 0 atom stereocenters. The predicted molar refractivity (Wildman–Crippen MR) is 62.7 cm³/mol. The minimum atomic E-state index is -0.459. The maximum Gasteiger partial charge on any atom is 0.227 e. The molecule has 2 aromatic rings. The van der Waals surface area contributed by atoms with Gasteiger partial charge in [-0.2, -0.15) is 0 Å². The number of fused-ring (bicyclic) bond motifs is 1. The highest BCUT2D eigenvalue weighted by Gasteiger charge is 2.13. The first kappa shape index (κ1) is 10.6. The van der Waals surface area contributed by atoms with Crippen LogP contribution in [0.4, 0.5) is 0 Å². The molecular formula is C13H13NO2. The number of aryl methyl sites for hydroxylation is 2. The summed E-state index contributed by atoms with van der Waals surface area (Å²) in [4.78, 5) is 22.0. The fourth-order valence-corrected chi connectivity index (χ4v) is 1.92. The highest BCUT2D eigenvalue weighted by molar-refractivity contribution is 6.36. The van der Waals surface area contributed by atoms with E-state index in [-0.39, 0.29) is 0 Å². The van der Waals surface area contributed by atoms with Crippen LogP contribution in [0, 0.1) is 0 Å². The van der Waals surface area contributed by atoms with Crippen molar-refractivity contribution in [2.24, 2.45) is 7.05 Å². The van der Waals surface area contributed by atoms with Crippen molar-refractivity contribution in [3.63, 3.8) is 0 Å². The second kappa shape index (κ2) is 3.93. The lowest BCUT2D eigenvalue weighted by Gasteiger charge is -1.99. The second-order valence-electron chi connectivity index (χ2n) is 3.84. The Kier molecular flexibility index (Phi) is 2.60. The molecule has 0 aliphatic rings. The molecule has 0 radical (unpaired) electrons. The van der Waals surface area contributed by atoms with Gasteiger partial charge in [-0.3, -0.25) is 9.59 Å². The Labute approximate surface area is 93.7 Å². The molecule has 82 valence electrons. The SMILES string of the molecule is CCc1ccc2c(c1)c(C(=O)C=O)cn2C. The minimum absolute atomic E-state index is 0.368. The number of aldehydes is 1. The molecule has 2 rings (SSSR count). The molecule has 3 nitrogen and oxygen atoms in total. The van der Waals surface area contributed by atoms with E-state index in [4.69, 9.17) is 0 Å². The monoisotopic (exact) mass is 215 g/mol. The van der Waals surface area contributed by atoms with Gasteiger partial charge < -0.3 is 4.57 Å². The van der Waals surface area contributed by atoms with Crippen LogP contribution in [-0.2, 0) is 18.3 Å². The summed E-state index contributed by atoms with van der Waals surface area (Å²) < 4.78 is 1.87. The third-order valence-electron chi connectivity index (χ3n) is 2.83. The number of hydrogen-bond donors (Lipinski definition) is 0. The Bertz CT molecular complexity index is 567. The molecule has 0 aliphatic heterocycles. The van der Waals surface area contributed by atoms with Crippen LogP contribution >= 0.6 is 0 Å². The standard InChI is InChI=1S/C13H13NO2/c1-3-9-4-5-12-10(6-9)11(7-14(12)2)13(16)8-15/h4-8H,3H2,1-2H3. The van der Waals surface area contributed by atoms with Gasteiger partial charge in [0.25, 0.3) is 0 Å². The Morgan fingerprint density at radius 3 is 2.81 bits per heavy atom. The molecule has 0 N–H and O–H groups in total. The third kappa shape index (κ3) is 1.54. The van der Waals surface area contributed by atoms with E-state index in [0.717, 1.165) is 17.3 Å². The van der Waals surface area contributed by atoms with E-state index in [2.05, 4.69) is 6.92 Å². The minimum Gasteiger partial charge on any atom is -0.350 e. The Morgan fingerprint density at radius 2 is 2.19 bits per heavy atom. The molecule has 0 aliphatic carbocycles. The average molecular weight is 215 g/mol. The fraction of sp³-hybridized carbons (Fsp3) is 0.231. The number of Topliss-reactive ketones (excluding diaryl/α,β-unsaturated/α-hetero) is 1. The molecule has 0 spiro atoms. The van der Waals surface area contributed by atoms with Gasteiger partial charge in [-0.1, -0.05) is 13.0 Å². The van der Waals surface area contributed by atoms with Crippen molar-refractivity contribution in [3.05, 3.63) is 35.5 Å². The van der Waals surface area contributed by atoms with Crippen LogP contribution in [-0.4, -0.2) is 16.6 Å². The molecule has 0 saturated heterocycles. The van der Waals surface area contributed by atoms with Gasteiger partial charge in [0.1, 0.15) is 0 Å². The number of hydrogen-bond acceptors (Lipinski definition) is 2. The summed E-state index contributed by atoms with van der Waals surface area (Å²) >= 11 is 0. The topological polar surface area (TPSA) is 39.1 Å². The number of ketones is 1. The van der Waals surface area contributed by atoms with Crippen LogP contribution in [0.15, 0.2) is 24.4 Å². The summed E-state index contributed by atoms with van der Waals surface area (Å²) in [6.45, 7) is 2.06.